The van der Waals surface area contributed by atoms with Crippen LogP contribution in [0.3, 0.4) is 0 Å². The van der Waals surface area contributed by atoms with Gasteiger partial charge in [0.1, 0.15) is 11.5 Å². The van der Waals surface area contributed by atoms with Gasteiger partial charge in [-0.25, -0.2) is 14.4 Å². The van der Waals surface area contributed by atoms with Crippen LogP contribution in [-0.4, -0.2) is 51.4 Å². The summed E-state index contributed by atoms with van der Waals surface area (Å²) in [4.78, 5) is 38.2. The monoisotopic (exact) mass is 412 g/mol. The van der Waals surface area contributed by atoms with Gasteiger partial charge in [0, 0.05) is 18.3 Å². The molecule has 1 aliphatic heterocycles. The molecule has 4 N–H and O–H groups in total. The van der Waals surface area contributed by atoms with E-state index in [1.807, 2.05) is 0 Å². The molecule has 0 aliphatic carbocycles. The molecule has 2 amide bonds. The van der Waals surface area contributed by atoms with Crippen molar-refractivity contribution in [1.82, 2.24) is 14.9 Å². The number of nitrogens with one attached hydrogen (secondary N) is 1. The van der Waals surface area contributed by atoms with Gasteiger partial charge in [0.05, 0.1) is 36.7 Å². The maximum Gasteiger partial charge on any atom is 0.275 e. The van der Waals surface area contributed by atoms with Gasteiger partial charge in [-0.1, -0.05) is 6.08 Å². The first kappa shape index (κ1) is 21.1. The molecule has 3 rings (SSSR count). The first-order valence-corrected chi connectivity index (χ1v) is 9.06. The molecular weight excluding hydrogens is 391 g/mol. The Bertz CT molecular complexity index is 1040. The predicted octanol–water partition coefficient (Wildman–Crippen LogP) is 1.27. The summed E-state index contributed by atoms with van der Waals surface area (Å²) in [6, 6.07) is 4.02. The number of aliphatic hydroxyl groups excluding tert-OH is 1. The largest absolute Gasteiger partial charge is 0.392 e. The molecule has 30 heavy (non-hydrogen) atoms. The summed E-state index contributed by atoms with van der Waals surface area (Å²) in [5.41, 5.74) is 5.60. The van der Waals surface area contributed by atoms with E-state index in [4.69, 9.17) is 10.8 Å². The third-order valence-electron chi connectivity index (χ3n) is 4.68. The summed E-state index contributed by atoms with van der Waals surface area (Å²) >= 11 is 0. The summed E-state index contributed by atoms with van der Waals surface area (Å²) in [5, 5.41) is 11.4. The highest BCUT2D eigenvalue weighted by Crippen LogP contribution is 2.35. The quantitative estimate of drug-likeness (QED) is 0.677. The van der Waals surface area contributed by atoms with E-state index in [1.165, 1.54) is 48.6 Å². The average Bonchev–Trinajstić information content (AvgIpc) is 2.72. The topological polar surface area (TPSA) is 134 Å². The molecule has 9 nitrogen and oxygen atoms in total. The number of rotatable bonds is 5. The third-order valence-corrected chi connectivity index (χ3v) is 4.68. The minimum Gasteiger partial charge on any atom is -0.392 e. The Morgan fingerprint density at radius 3 is 2.80 bits per heavy atom. The zero-order valence-electron chi connectivity index (χ0n) is 16.5. The van der Waals surface area contributed by atoms with E-state index >= 15 is 0 Å². The Balaban J connectivity index is 1.84. The van der Waals surface area contributed by atoms with E-state index in [0.29, 0.717) is 11.4 Å². The van der Waals surface area contributed by atoms with Gasteiger partial charge in [-0.2, -0.15) is 0 Å². The lowest BCUT2D eigenvalue weighted by atomic mass is 9.87. The molecule has 156 valence electrons. The molecule has 1 atom stereocenters. The first-order valence-electron chi connectivity index (χ1n) is 9.06. The van der Waals surface area contributed by atoms with E-state index in [2.05, 4.69) is 20.3 Å². The number of guanidine groups is 1. The standard InChI is InChI=1S/C20H21FN6O3/c1-20(9-17(29)27(2)19(22)26-20)14-8-12(5-6-15(14)21)25-18(30)16-11-23-13(10-24-16)4-3-7-28/h3-6,8,10-11,28H,7,9H2,1-2H3,(H2,22,26)(H,25,30)/b4-3+. The summed E-state index contributed by atoms with van der Waals surface area (Å²) in [7, 11) is 1.50. The van der Waals surface area contributed by atoms with Crippen molar-refractivity contribution in [2.24, 2.45) is 10.7 Å². The molecule has 0 radical (unpaired) electrons. The molecule has 0 fully saturated rings. The Kier molecular flexibility index (Phi) is 5.88. The highest BCUT2D eigenvalue weighted by atomic mass is 19.1. The molecule has 2 heterocycles. The summed E-state index contributed by atoms with van der Waals surface area (Å²) in [6.07, 6.45) is 5.68. The molecule has 1 aliphatic rings. The highest BCUT2D eigenvalue weighted by Gasteiger charge is 2.38. The third kappa shape index (κ3) is 4.33. The Morgan fingerprint density at radius 2 is 2.17 bits per heavy atom. The Labute approximate surface area is 172 Å². The Morgan fingerprint density at radius 1 is 1.40 bits per heavy atom. The second kappa shape index (κ2) is 8.37. The number of aliphatic imine (C=N–C) groups is 1. The van der Waals surface area contributed by atoms with Gasteiger partial charge in [0.2, 0.25) is 5.91 Å². The van der Waals surface area contributed by atoms with Gasteiger partial charge in [-0.15, -0.1) is 0 Å². The van der Waals surface area contributed by atoms with Crippen LogP contribution in [0.25, 0.3) is 6.08 Å². The normalized spacial score (nSPS) is 19.1. The number of halogens is 1. The van der Waals surface area contributed by atoms with Crippen LogP contribution in [-0.2, 0) is 10.3 Å². The highest BCUT2D eigenvalue weighted by molar-refractivity contribution is 6.03. The molecule has 0 saturated heterocycles. The summed E-state index contributed by atoms with van der Waals surface area (Å²) in [5.74, 6) is -1.40. The summed E-state index contributed by atoms with van der Waals surface area (Å²) < 4.78 is 14.6. The maximum absolute atomic E-state index is 14.6. The lowest BCUT2D eigenvalue weighted by Crippen LogP contribution is -2.47. The minimum atomic E-state index is -1.20. The van der Waals surface area contributed by atoms with E-state index in [-0.39, 0.29) is 36.2 Å². The molecule has 0 saturated carbocycles. The lowest BCUT2D eigenvalue weighted by molar-refractivity contribution is -0.128. The fraction of sp³-hybridized carbons (Fsp3) is 0.250. The number of benzene rings is 1. The number of amides is 2. The van der Waals surface area contributed by atoms with Gasteiger partial charge in [0.25, 0.3) is 5.91 Å². The fourth-order valence-corrected chi connectivity index (χ4v) is 2.99. The van der Waals surface area contributed by atoms with Crippen molar-refractivity contribution in [2.45, 2.75) is 18.9 Å². The number of carbonyl (C=O) groups excluding carboxylic acids is 2. The van der Waals surface area contributed by atoms with Crippen LogP contribution in [0.4, 0.5) is 10.1 Å². The van der Waals surface area contributed by atoms with Crippen molar-refractivity contribution in [3.05, 3.63) is 59.4 Å². The number of aliphatic hydroxyl groups is 1. The maximum atomic E-state index is 14.6. The molecule has 1 unspecified atom stereocenters. The first-order chi connectivity index (χ1) is 14.2. The van der Waals surface area contributed by atoms with Crippen LogP contribution in [0.1, 0.15) is 35.1 Å². The second-order valence-corrected chi connectivity index (χ2v) is 6.93. The van der Waals surface area contributed by atoms with Crippen LogP contribution in [0.15, 0.2) is 41.7 Å². The SMILES string of the molecule is CN1C(=O)CC(C)(c2cc(NC(=O)c3cnc(/C=C/CO)cn3)ccc2F)N=C1N. The van der Waals surface area contributed by atoms with Gasteiger partial charge in [0.15, 0.2) is 5.96 Å². The Hall–Kier alpha value is -3.66. The molecule has 10 heteroatoms. The van der Waals surface area contributed by atoms with Gasteiger partial charge < -0.3 is 16.2 Å². The number of nitrogens with zero attached hydrogens (tertiary/aromatic N) is 4. The van der Waals surface area contributed by atoms with Crippen molar-refractivity contribution in [2.75, 3.05) is 19.0 Å². The van der Waals surface area contributed by atoms with Gasteiger partial charge >= 0.3 is 0 Å². The molecule has 0 bridgehead atoms. The zero-order valence-corrected chi connectivity index (χ0v) is 16.5. The number of hydrogen-bond acceptors (Lipinski definition) is 7. The van der Waals surface area contributed by atoms with Crippen molar-refractivity contribution in [3.8, 4) is 0 Å². The van der Waals surface area contributed by atoms with Crippen LogP contribution in [0.2, 0.25) is 0 Å². The number of anilines is 1. The van der Waals surface area contributed by atoms with Crippen molar-refractivity contribution in [3.63, 3.8) is 0 Å². The summed E-state index contributed by atoms with van der Waals surface area (Å²) in [6.45, 7) is 1.48. The molecule has 1 aromatic heterocycles. The number of aromatic nitrogens is 2. The fourth-order valence-electron chi connectivity index (χ4n) is 2.99. The number of hydrogen-bond donors (Lipinski definition) is 3. The van der Waals surface area contributed by atoms with Crippen LogP contribution in [0, 0.1) is 5.82 Å². The molecule has 1 aromatic carbocycles. The van der Waals surface area contributed by atoms with Crippen LogP contribution < -0.4 is 11.1 Å². The van der Waals surface area contributed by atoms with Crippen molar-refractivity contribution in [1.29, 1.82) is 0 Å². The van der Waals surface area contributed by atoms with Crippen molar-refractivity contribution >= 4 is 29.5 Å². The smallest absolute Gasteiger partial charge is 0.275 e. The van der Waals surface area contributed by atoms with E-state index in [1.54, 1.807) is 13.0 Å². The van der Waals surface area contributed by atoms with Gasteiger partial charge in [-0.3, -0.25) is 19.5 Å². The van der Waals surface area contributed by atoms with Gasteiger partial charge in [-0.05, 0) is 31.2 Å². The lowest BCUT2D eigenvalue weighted by Gasteiger charge is -2.34. The number of nitrogens with two attached hydrogens (primary N) is 1. The molecular formula is C20H21FN6O3. The molecule has 2 aromatic rings. The zero-order chi connectivity index (χ0) is 21.9. The number of carbonyl (C=O) groups is 2. The van der Waals surface area contributed by atoms with E-state index < -0.39 is 17.3 Å². The van der Waals surface area contributed by atoms with Crippen LogP contribution >= 0.6 is 0 Å². The van der Waals surface area contributed by atoms with E-state index in [9.17, 15) is 14.0 Å². The minimum absolute atomic E-state index is 0.00630. The second-order valence-electron chi connectivity index (χ2n) is 6.93. The average molecular weight is 412 g/mol. The van der Waals surface area contributed by atoms with Crippen molar-refractivity contribution < 1.29 is 19.1 Å². The molecule has 0 spiro atoms. The van der Waals surface area contributed by atoms with E-state index in [0.717, 1.165) is 0 Å². The predicted molar refractivity (Wildman–Crippen MR) is 109 cm³/mol. The van der Waals surface area contributed by atoms with Crippen LogP contribution in [0.5, 0.6) is 0 Å².